The predicted molar refractivity (Wildman–Crippen MR) is 69.6 cm³/mol. The van der Waals surface area contributed by atoms with Crippen molar-refractivity contribution in [1.29, 1.82) is 0 Å². The molecule has 0 aromatic carbocycles. The van der Waals surface area contributed by atoms with Crippen molar-refractivity contribution in [3.8, 4) is 0 Å². The van der Waals surface area contributed by atoms with Crippen molar-refractivity contribution in [2.45, 2.75) is 77.5 Å². The van der Waals surface area contributed by atoms with Crippen LogP contribution in [0.4, 0.5) is 0 Å². The minimum absolute atomic E-state index is 0.0812. The van der Waals surface area contributed by atoms with E-state index in [4.69, 9.17) is 0 Å². The summed E-state index contributed by atoms with van der Waals surface area (Å²) in [4.78, 5) is 14.6. The first kappa shape index (κ1) is 12.9. The molecule has 1 amide bonds. The van der Waals surface area contributed by atoms with E-state index in [9.17, 15) is 4.79 Å². The molecule has 4 unspecified atom stereocenters. The van der Waals surface area contributed by atoms with Gasteiger partial charge in [0.15, 0.2) is 0 Å². The van der Waals surface area contributed by atoms with E-state index in [0.29, 0.717) is 17.9 Å². The first-order valence-electron chi connectivity index (χ1n) is 7.27. The fourth-order valence-corrected chi connectivity index (χ4v) is 3.46. The molecular weight excluding hydrogens is 212 g/mol. The normalized spacial score (nSPS) is 38.1. The van der Waals surface area contributed by atoms with Gasteiger partial charge in [-0.05, 0) is 31.6 Å². The quantitative estimate of drug-likeness (QED) is 0.816. The van der Waals surface area contributed by atoms with E-state index in [1.165, 1.54) is 19.3 Å². The maximum absolute atomic E-state index is 12.5. The lowest BCUT2D eigenvalue weighted by Gasteiger charge is -2.32. The molecule has 2 aliphatic rings. The zero-order chi connectivity index (χ0) is 12.4. The summed E-state index contributed by atoms with van der Waals surface area (Å²) in [7, 11) is 0. The molecule has 1 aliphatic carbocycles. The summed E-state index contributed by atoms with van der Waals surface area (Å²) in [6, 6.07) is 0.569. The second-order valence-electron chi connectivity index (χ2n) is 5.65. The highest BCUT2D eigenvalue weighted by Crippen LogP contribution is 2.33. The molecule has 0 spiro atoms. The third kappa shape index (κ3) is 2.35. The number of rotatable bonds is 4. The van der Waals surface area contributed by atoms with Gasteiger partial charge in [0.05, 0.1) is 12.2 Å². The van der Waals surface area contributed by atoms with Crippen LogP contribution in [-0.2, 0) is 4.79 Å². The second-order valence-corrected chi connectivity index (χ2v) is 5.65. The van der Waals surface area contributed by atoms with Crippen molar-refractivity contribution in [3.05, 3.63) is 0 Å². The van der Waals surface area contributed by atoms with Crippen LogP contribution in [0.25, 0.3) is 0 Å². The Morgan fingerprint density at radius 2 is 2.12 bits per heavy atom. The molecule has 3 heteroatoms. The fourth-order valence-electron chi connectivity index (χ4n) is 3.46. The van der Waals surface area contributed by atoms with Crippen molar-refractivity contribution in [3.63, 3.8) is 0 Å². The summed E-state index contributed by atoms with van der Waals surface area (Å²) < 4.78 is 0. The van der Waals surface area contributed by atoms with E-state index in [0.717, 1.165) is 19.3 Å². The van der Waals surface area contributed by atoms with E-state index in [1.807, 2.05) is 0 Å². The molecule has 1 saturated carbocycles. The van der Waals surface area contributed by atoms with Crippen LogP contribution in [0, 0.1) is 5.92 Å². The molecular formula is C14H26N2O. The van der Waals surface area contributed by atoms with Gasteiger partial charge in [0.2, 0.25) is 5.91 Å². The molecule has 1 aliphatic heterocycles. The number of hydrogen-bond donors (Lipinski definition) is 1. The summed E-state index contributed by atoms with van der Waals surface area (Å²) in [5.74, 6) is 1.03. The van der Waals surface area contributed by atoms with Crippen LogP contribution >= 0.6 is 0 Å². The van der Waals surface area contributed by atoms with E-state index < -0.39 is 0 Å². The van der Waals surface area contributed by atoms with Gasteiger partial charge in [-0.3, -0.25) is 10.1 Å². The highest BCUT2D eigenvalue weighted by atomic mass is 16.2. The van der Waals surface area contributed by atoms with Crippen LogP contribution in [-0.4, -0.2) is 29.1 Å². The van der Waals surface area contributed by atoms with Gasteiger partial charge < -0.3 is 4.90 Å². The predicted octanol–water partition coefficient (Wildman–Crippen LogP) is 2.51. The molecule has 1 heterocycles. The molecule has 1 saturated heterocycles. The minimum atomic E-state index is 0.0812. The Kier molecular flexibility index (Phi) is 4.08. The first-order chi connectivity index (χ1) is 8.19. The van der Waals surface area contributed by atoms with Crippen molar-refractivity contribution >= 4 is 5.91 Å². The van der Waals surface area contributed by atoms with Gasteiger partial charge in [-0.15, -0.1) is 0 Å². The monoisotopic (exact) mass is 238 g/mol. The number of carbonyl (C=O) groups excluding carboxylic acids is 1. The number of nitrogens with zero attached hydrogens (tertiary/aromatic N) is 1. The third-order valence-corrected chi connectivity index (χ3v) is 4.42. The molecule has 17 heavy (non-hydrogen) atoms. The molecule has 0 aromatic rings. The standard InChI is InChI=1S/C14H26N2O/c1-4-7-11-14(17)16(13(5-2)15-11)12-9-6-8-10(12)3/h10-13,15H,4-9H2,1-3H3. The van der Waals surface area contributed by atoms with E-state index in [1.54, 1.807) is 0 Å². The summed E-state index contributed by atoms with van der Waals surface area (Å²) >= 11 is 0. The Labute approximate surface area is 105 Å². The molecule has 2 rings (SSSR count). The van der Waals surface area contributed by atoms with Gasteiger partial charge in [-0.25, -0.2) is 0 Å². The number of carbonyl (C=O) groups is 1. The Hall–Kier alpha value is -0.570. The summed E-state index contributed by atoms with van der Waals surface area (Å²) in [5, 5.41) is 3.52. The molecule has 4 atom stereocenters. The average Bonchev–Trinajstić information content (AvgIpc) is 2.85. The van der Waals surface area contributed by atoms with Gasteiger partial charge in [0.25, 0.3) is 0 Å². The molecule has 0 radical (unpaired) electrons. The maximum Gasteiger partial charge on any atom is 0.241 e. The highest BCUT2D eigenvalue weighted by Gasteiger charge is 2.43. The van der Waals surface area contributed by atoms with Crippen LogP contribution in [0.15, 0.2) is 0 Å². The lowest BCUT2D eigenvalue weighted by molar-refractivity contribution is -0.133. The fraction of sp³-hybridized carbons (Fsp3) is 0.929. The summed E-state index contributed by atoms with van der Waals surface area (Å²) in [5.41, 5.74) is 0. The van der Waals surface area contributed by atoms with E-state index >= 15 is 0 Å². The number of nitrogens with one attached hydrogen (secondary N) is 1. The Morgan fingerprint density at radius 3 is 2.65 bits per heavy atom. The first-order valence-corrected chi connectivity index (χ1v) is 7.27. The summed E-state index contributed by atoms with van der Waals surface area (Å²) in [6.45, 7) is 6.62. The minimum Gasteiger partial charge on any atom is -0.323 e. The van der Waals surface area contributed by atoms with Crippen molar-refractivity contribution < 1.29 is 4.79 Å². The Balaban J connectivity index is 2.10. The van der Waals surface area contributed by atoms with Crippen LogP contribution in [0.3, 0.4) is 0 Å². The highest BCUT2D eigenvalue weighted by molar-refractivity contribution is 5.84. The molecule has 1 N–H and O–H groups in total. The van der Waals surface area contributed by atoms with Crippen molar-refractivity contribution in [2.75, 3.05) is 0 Å². The Bertz CT molecular complexity index is 279. The summed E-state index contributed by atoms with van der Waals surface area (Å²) in [6.07, 6.45) is 7.12. The van der Waals surface area contributed by atoms with Crippen LogP contribution < -0.4 is 5.32 Å². The van der Waals surface area contributed by atoms with E-state index in [-0.39, 0.29) is 12.2 Å². The van der Waals surface area contributed by atoms with Gasteiger partial charge in [0.1, 0.15) is 0 Å². The molecule has 98 valence electrons. The van der Waals surface area contributed by atoms with Gasteiger partial charge in [-0.1, -0.05) is 33.6 Å². The van der Waals surface area contributed by atoms with Crippen LogP contribution in [0.5, 0.6) is 0 Å². The largest absolute Gasteiger partial charge is 0.323 e. The lowest BCUT2D eigenvalue weighted by atomic mass is 10.0. The van der Waals surface area contributed by atoms with Crippen molar-refractivity contribution in [2.24, 2.45) is 5.92 Å². The van der Waals surface area contributed by atoms with Gasteiger partial charge >= 0.3 is 0 Å². The molecule has 2 fully saturated rings. The SMILES string of the molecule is CCCC1NC(CC)N(C2CCCC2C)C1=O. The number of hydrogen-bond acceptors (Lipinski definition) is 2. The molecule has 0 aromatic heterocycles. The Morgan fingerprint density at radius 1 is 1.35 bits per heavy atom. The molecule has 0 bridgehead atoms. The average molecular weight is 238 g/mol. The van der Waals surface area contributed by atoms with Crippen LogP contribution in [0.2, 0.25) is 0 Å². The maximum atomic E-state index is 12.5. The molecule has 3 nitrogen and oxygen atoms in total. The topological polar surface area (TPSA) is 32.3 Å². The van der Waals surface area contributed by atoms with E-state index in [2.05, 4.69) is 31.0 Å². The lowest BCUT2D eigenvalue weighted by Crippen LogP contribution is -2.45. The van der Waals surface area contributed by atoms with Crippen molar-refractivity contribution in [1.82, 2.24) is 10.2 Å². The zero-order valence-electron chi connectivity index (χ0n) is 11.4. The number of amides is 1. The third-order valence-electron chi connectivity index (χ3n) is 4.42. The van der Waals surface area contributed by atoms with Gasteiger partial charge in [0, 0.05) is 6.04 Å². The smallest absolute Gasteiger partial charge is 0.241 e. The zero-order valence-corrected chi connectivity index (χ0v) is 11.4. The van der Waals surface area contributed by atoms with Crippen LogP contribution in [0.1, 0.15) is 59.3 Å². The second kappa shape index (κ2) is 5.38. The van der Waals surface area contributed by atoms with Gasteiger partial charge in [-0.2, -0.15) is 0 Å².